The number of nitrogens with zero attached hydrogens (tertiary/aromatic N) is 3. The van der Waals surface area contributed by atoms with E-state index in [0.29, 0.717) is 23.3 Å². The van der Waals surface area contributed by atoms with Gasteiger partial charge in [-0.1, -0.05) is 28.1 Å². The van der Waals surface area contributed by atoms with Gasteiger partial charge in [0, 0.05) is 18.1 Å². The summed E-state index contributed by atoms with van der Waals surface area (Å²) in [6.07, 6.45) is 1.38. The summed E-state index contributed by atoms with van der Waals surface area (Å²) in [7, 11) is 1.63. The van der Waals surface area contributed by atoms with Crippen LogP contribution >= 0.6 is 15.9 Å². The predicted molar refractivity (Wildman–Crippen MR) is 102 cm³/mol. The summed E-state index contributed by atoms with van der Waals surface area (Å²) >= 11 is 3.39. The zero-order valence-electron chi connectivity index (χ0n) is 14.8. The maximum atomic E-state index is 12.4. The predicted octanol–water partition coefficient (Wildman–Crippen LogP) is 4.03. The first-order valence-corrected chi connectivity index (χ1v) is 9.02. The van der Waals surface area contributed by atoms with Gasteiger partial charge < -0.3 is 14.4 Å². The Morgan fingerprint density at radius 3 is 2.64 bits per heavy atom. The molecule has 28 heavy (non-hydrogen) atoms. The fourth-order valence-electron chi connectivity index (χ4n) is 2.50. The van der Waals surface area contributed by atoms with Gasteiger partial charge in [0.15, 0.2) is 6.61 Å². The Morgan fingerprint density at radius 1 is 1.18 bits per heavy atom. The lowest BCUT2D eigenvalue weighted by Gasteiger charge is -2.18. The van der Waals surface area contributed by atoms with E-state index < -0.39 is 6.61 Å². The average Bonchev–Trinajstić information content (AvgIpc) is 2.67. The van der Waals surface area contributed by atoms with Crippen LogP contribution in [0.1, 0.15) is 5.56 Å². The summed E-state index contributed by atoms with van der Waals surface area (Å²) in [5.74, 6) is 0.133. The van der Waals surface area contributed by atoms with Gasteiger partial charge in [-0.2, -0.15) is 8.78 Å². The quantitative estimate of drug-likeness (QED) is 0.542. The summed E-state index contributed by atoms with van der Waals surface area (Å²) in [6.45, 7) is -2.76. The van der Waals surface area contributed by atoms with Crippen LogP contribution in [0.2, 0.25) is 0 Å². The summed E-state index contributed by atoms with van der Waals surface area (Å²) in [5.41, 5.74) is 1.48. The number of benzene rings is 2. The van der Waals surface area contributed by atoms with Gasteiger partial charge in [-0.15, -0.1) is 0 Å². The molecule has 3 rings (SSSR count). The zero-order valence-corrected chi connectivity index (χ0v) is 16.4. The number of carbonyl (C=O) groups excluding carboxylic acids is 1. The van der Waals surface area contributed by atoms with E-state index in [2.05, 4.69) is 30.6 Å². The van der Waals surface area contributed by atoms with E-state index in [0.717, 1.165) is 10.0 Å². The van der Waals surface area contributed by atoms with Crippen molar-refractivity contribution in [3.8, 4) is 11.6 Å². The fourth-order valence-corrected chi connectivity index (χ4v) is 2.86. The molecule has 0 unspecified atom stereocenters. The van der Waals surface area contributed by atoms with Gasteiger partial charge in [0.1, 0.15) is 12.1 Å². The van der Waals surface area contributed by atoms with Crippen molar-refractivity contribution in [3.05, 3.63) is 58.8 Å². The van der Waals surface area contributed by atoms with Gasteiger partial charge in [-0.3, -0.25) is 4.79 Å². The minimum Gasteiger partial charge on any atom is -0.467 e. The number of likely N-dealkylation sites (N-methyl/N-ethyl adjacent to an activating group) is 1. The molecule has 1 heterocycles. The van der Waals surface area contributed by atoms with Crippen LogP contribution in [0, 0.1) is 0 Å². The molecule has 3 aromatic rings. The van der Waals surface area contributed by atoms with Crippen LogP contribution in [-0.2, 0) is 11.3 Å². The monoisotopic (exact) mass is 451 g/mol. The molecule has 0 saturated carbocycles. The van der Waals surface area contributed by atoms with Crippen LogP contribution in [0.4, 0.5) is 8.78 Å². The van der Waals surface area contributed by atoms with Gasteiger partial charge in [-0.25, -0.2) is 9.97 Å². The van der Waals surface area contributed by atoms with Crippen molar-refractivity contribution in [3.63, 3.8) is 0 Å². The molecule has 6 nitrogen and oxygen atoms in total. The summed E-state index contributed by atoms with van der Waals surface area (Å²) in [5, 5.41) is 0.696. The Labute approximate surface area is 168 Å². The molecular formula is C19H16BrF2N3O3. The van der Waals surface area contributed by atoms with Crippen LogP contribution in [-0.4, -0.2) is 41.0 Å². The van der Waals surface area contributed by atoms with Crippen molar-refractivity contribution in [2.24, 2.45) is 0 Å². The molecule has 0 bridgehead atoms. The lowest BCUT2D eigenvalue weighted by atomic mass is 10.2. The Hall–Kier alpha value is -2.81. The van der Waals surface area contributed by atoms with Crippen molar-refractivity contribution in [1.29, 1.82) is 0 Å². The molecule has 0 aliphatic heterocycles. The standard InChI is InChI=1S/C19H16BrF2N3O3/c1-25(9-12-2-5-14(6-3-12)28-19(21)22)17(26)10-27-18-15-8-13(20)4-7-16(15)23-11-24-18/h2-8,11,19H,9-10H2,1H3. The fraction of sp³-hybridized carbons (Fsp3) is 0.211. The number of hydrogen-bond acceptors (Lipinski definition) is 5. The van der Waals surface area contributed by atoms with E-state index in [9.17, 15) is 13.6 Å². The number of halogens is 3. The molecule has 0 aliphatic carbocycles. The Bertz CT molecular complexity index is 970. The van der Waals surface area contributed by atoms with E-state index in [1.807, 2.05) is 18.2 Å². The first-order chi connectivity index (χ1) is 13.4. The number of ether oxygens (including phenoxy) is 2. The van der Waals surface area contributed by atoms with Crippen LogP contribution in [0.15, 0.2) is 53.3 Å². The van der Waals surface area contributed by atoms with Crippen LogP contribution in [0.5, 0.6) is 11.6 Å². The molecule has 1 aromatic heterocycles. The number of aromatic nitrogens is 2. The Balaban J connectivity index is 1.60. The second-order valence-corrected chi connectivity index (χ2v) is 6.82. The smallest absolute Gasteiger partial charge is 0.387 e. The van der Waals surface area contributed by atoms with Crippen molar-refractivity contribution in [1.82, 2.24) is 14.9 Å². The maximum absolute atomic E-state index is 12.4. The van der Waals surface area contributed by atoms with E-state index in [1.165, 1.54) is 23.4 Å². The molecule has 0 N–H and O–H groups in total. The highest BCUT2D eigenvalue weighted by atomic mass is 79.9. The summed E-state index contributed by atoms with van der Waals surface area (Å²) < 4.78 is 35.1. The second kappa shape index (κ2) is 8.92. The highest BCUT2D eigenvalue weighted by molar-refractivity contribution is 9.10. The Kier molecular flexibility index (Phi) is 6.35. The van der Waals surface area contributed by atoms with E-state index in [4.69, 9.17) is 4.74 Å². The number of fused-ring (bicyclic) bond motifs is 1. The molecule has 9 heteroatoms. The number of hydrogen-bond donors (Lipinski definition) is 0. The molecule has 0 spiro atoms. The molecule has 2 aromatic carbocycles. The van der Waals surface area contributed by atoms with Crippen LogP contribution in [0.3, 0.4) is 0 Å². The van der Waals surface area contributed by atoms with Gasteiger partial charge in [-0.05, 0) is 35.9 Å². The maximum Gasteiger partial charge on any atom is 0.387 e. The SMILES string of the molecule is CN(Cc1ccc(OC(F)F)cc1)C(=O)COc1ncnc2ccc(Br)cc12. The molecular weight excluding hydrogens is 436 g/mol. The molecule has 0 radical (unpaired) electrons. The van der Waals surface area contributed by atoms with Crippen LogP contribution in [0.25, 0.3) is 10.9 Å². The number of amides is 1. The topological polar surface area (TPSA) is 64.5 Å². The van der Waals surface area contributed by atoms with Crippen molar-refractivity contribution in [2.45, 2.75) is 13.2 Å². The lowest BCUT2D eigenvalue weighted by Crippen LogP contribution is -2.31. The van der Waals surface area contributed by atoms with Crippen LogP contribution < -0.4 is 9.47 Å². The van der Waals surface area contributed by atoms with Gasteiger partial charge in [0.2, 0.25) is 5.88 Å². The van der Waals surface area contributed by atoms with E-state index >= 15 is 0 Å². The molecule has 0 aliphatic rings. The number of carbonyl (C=O) groups is 1. The highest BCUT2D eigenvalue weighted by Crippen LogP contribution is 2.25. The second-order valence-electron chi connectivity index (χ2n) is 5.90. The average molecular weight is 452 g/mol. The third-order valence-corrected chi connectivity index (χ3v) is 4.38. The normalized spacial score (nSPS) is 10.9. The minimum atomic E-state index is -2.87. The van der Waals surface area contributed by atoms with E-state index in [1.54, 1.807) is 19.2 Å². The van der Waals surface area contributed by atoms with Crippen molar-refractivity contribution < 1.29 is 23.0 Å². The van der Waals surface area contributed by atoms with Gasteiger partial charge >= 0.3 is 6.61 Å². The van der Waals surface area contributed by atoms with E-state index in [-0.39, 0.29) is 18.3 Å². The first kappa shape index (κ1) is 19.9. The first-order valence-electron chi connectivity index (χ1n) is 8.23. The highest BCUT2D eigenvalue weighted by Gasteiger charge is 2.13. The third kappa shape index (κ3) is 5.13. The summed E-state index contributed by atoms with van der Waals surface area (Å²) in [6, 6.07) is 11.6. The van der Waals surface area contributed by atoms with Crippen molar-refractivity contribution >= 4 is 32.7 Å². The molecule has 1 amide bonds. The lowest BCUT2D eigenvalue weighted by molar-refractivity contribution is -0.132. The molecule has 146 valence electrons. The third-order valence-electron chi connectivity index (χ3n) is 3.89. The number of rotatable bonds is 7. The zero-order chi connectivity index (χ0) is 20.1. The molecule has 0 fully saturated rings. The summed E-state index contributed by atoms with van der Waals surface area (Å²) in [4.78, 5) is 22.1. The van der Waals surface area contributed by atoms with Gasteiger partial charge in [0.25, 0.3) is 5.91 Å². The van der Waals surface area contributed by atoms with Gasteiger partial charge in [0.05, 0.1) is 10.9 Å². The Morgan fingerprint density at radius 2 is 1.93 bits per heavy atom. The largest absolute Gasteiger partial charge is 0.467 e. The number of alkyl halides is 2. The molecule has 0 atom stereocenters. The molecule has 0 saturated heterocycles. The van der Waals surface area contributed by atoms with Crippen molar-refractivity contribution in [2.75, 3.05) is 13.7 Å². The minimum absolute atomic E-state index is 0.0675.